The summed E-state index contributed by atoms with van der Waals surface area (Å²) >= 11 is 0. The van der Waals surface area contributed by atoms with Crippen LogP contribution in [0.1, 0.15) is 39.5 Å². The second kappa shape index (κ2) is 7.20. The fourth-order valence-electron chi connectivity index (χ4n) is 2.03. The van der Waals surface area contributed by atoms with E-state index in [1.54, 1.807) is 0 Å². The van der Waals surface area contributed by atoms with Crippen LogP contribution in [0.25, 0.3) is 0 Å². The molecule has 90 valence electrons. The summed E-state index contributed by atoms with van der Waals surface area (Å²) in [6.45, 7) is 7.96. The number of β-amino-alcohol motifs (C(OH)–C–C–N with tert-alkyl or cyclic N) is 1. The van der Waals surface area contributed by atoms with Crippen molar-refractivity contribution in [3.63, 3.8) is 0 Å². The van der Waals surface area contributed by atoms with Gasteiger partial charge in [-0.1, -0.05) is 13.8 Å². The molecule has 1 aliphatic heterocycles. The summed E-state index contributed by atoms with van der Waals surface area (Å²) in [5.74, 6) is 0. The van der Waals surface area contributed by atoms with Crippen molar-refractivity contribution in [3.05, 3.63) is 0 Å². The van der Waals surface area contributed by atoms with Gasteiger partial charge in [-0.15, -0.1) is 0 Å². The van der Waals surface area contributed by atoms with E-state index in [-0.39, 0.29) is 6.10 Å². The van der Waals surface area contributed by atoms with E-state index in [1.165, 1.54) is 12.8 Å². The number of hydrogen-bond acceptors (Lipinski definition) is 3. The Kier molecular flexibility index (Phi) is 6.22. The smallest absolute Gasteiger partial charge is 0.0702 e. The van der Waals surface area contributed by atoms with Crippen LogP contribution in [0.2, 0.25) is 0 Å². The lowest BCUT2D eigenvalue weighted by molar-refractivity contribution is -0.0119. The van der Waals surface area contributed by atoms with Gasteiger partial charge >= 0.3 is 0 Å². The standard InChI is InChI=1S/C12H25NO2/c1-3-8-15-12-6-5-7-13(10-12)9-11(14)4-2/h11-12,14H,3-10H2,1-2H3/t11-,12+/m1/s1. The van der Waals surface area contributed by atoms with Gasteiger partial charge in [0.1, 0.15) is 0 Å². The highest BCUT2D eigenvalue weighted by molar-refractivity contribution is 4.75. The number of likely N-dealkylation sites (tertiary alicyclic amines) is 1. The summed E-state index contributed by atoms with van der Waals surface area (Å²) in [6.07, 6.45) is 4.53. The van der Waals surface area contributed by atoms with E-state index in [4.69, 9.17) is 4.74 Å². The second-order valence-electron chi connectivity index (χ2n) is 4.46. The average molecular weight is 215 g/mol. The lowest BCUT2D eigenvalue weighted by Crippen LogP contribution is -2.43. The number of nitrogens with zero attached hydrogens (tertiary/aromatic N) is 1. The van der Waals surface area contributed by atoms with Gasteiger partial charge in [-0.3, -0.25) is 4.90 Å². The van der Waals surface area contributed by atoms with Crippen molar-refractivity contribution in [1.29, 1.82) is 0 Å². The predicted molar refractivity (Wildman–Crippen MR) is 62.0 cm³/mol. The molecular weight excluding hydrogens is 190 g/mol. The van der Waals surface area contributed by atoms with Gasteiger partial charge in [-0.2, -0.15) is 0 Å². The molecule has 0 saturated carbocycles. The molecule has 1 heterocycles. The van der Waals surface area contributed by atoms with Crippen LogP contribution in [-0.2, 0) is 4.74 Å². The van der Waals surface area contributed by atoms with Gasteiger partial charge in [-0.25, -0.2) is 0 Å². The highest BCUT2D eigenvalue weighted by Gasteiger charge is 2.21. The quantitative estimate of drug-likeness (QED) is 0.731. The molecule has 0 aromatic heterocycles. The Balaban J connectivity index is 2.22. The van der Waals surface area contributed by atoms with E-state index in [9.17, 15) is 5.11 Å². The molecule has 3 heteroatoms. The molecule has 15 heavy (non-hydrogen) atoms. The topological polar surface area (TPSA) is 32.7 Å². The van der Waals surface area contributed by atoms with Crippen molar-refractivity contribution in [2.45, 2.75) is 51.7 Å². The molecule has 0 aromatic rings. The molecule has 1 saturated heterocycles. The van der Waals surface area contributed by atoms with Crippen LogP contribution in [-0.4, -0.2) is 48.5 Å². The van der Waals surface area contributed by atoms with Crippen LogP contribution in [0.4, 0.5) is 0 Å². The monoisotopic (exact) mass is 215 g/mol. The van der Waals surface area contributed by atoms with Crippen molar-refractivity contribution in [1.82, 2.24) is 4.90 Å². The van der Waals surface area contributed by atoms with Crippen molar-refractivity contribution in [2.75, 3.05) is 26.2 Å². The Morgan fingerprint density at radius 3 is 2.93 bits per heavy atom. The number of rotatable bonds is 6. The Morgan fingerprint density at radius 1 is 1.47 bits per heavy atom. The molecule has 2 atom stereocenters. The SMILES string of the molecule is CCCO[C@H]1CCCN(C[C@H](O)CC)C1. The van der Waals surface area contributed by atoms with Crippen LogP contribution in [0.3, 0.4) is 0 Å². The molecule has 3 nitrogen and oxygen atoms in total. The Morgan fingerprint density at radius 2 is 2.27 bits per heavy atom. The zero-order valence-corrected chi connectivity index (χ0v) is 10.1. The molecule has 1 aliphatic rings. The predicted octanol–water partition coefficient (Wildman–Crippen LogP) is 1.65. The molecule has 1 rings (SSSR count). The largest absolute Gasteiger partial charge is 0.392 e. The van der Waals surface area contributed by atoms with E-state index >= 15 is 0 Å². The maximum Gasteiger partial charge on any atom is 0.0702 e. The fraction of sp³-hybridized carbons (Fsp3) is 1.00. The number of hydrogen-bond donors (Lipinski definition) is 1. The number of ether oxygens (including phenoxy) is 1. The molecule has 0 unspecified atom stereocenters. The Bertz CT molecular complexity index is 164. The first-order chi connectivity index (χ1) is 7.26. The summed E-state index contributed by atoms with van der Waals surface area (Å²) in [6, 6.07) is 0. The second-order valence-corrected chi connectivity index (χ2v) is 4.46. The van der Waals surface area contributed by atoms with E-state index in [1.807, 2.05) is 6.92 Å². The zero-order valence-electron chi connectivity index (χ0n) is 10.1. The summed E-state index contributed by atoms with van der Waals surface area (Å²) in [4.78, 5) is 2.33. The van der Waals surface area contributed by atoms with Gasteiger partial charge in [0.25, 0.3) is 0 Å². The first-order valence-corrected chi connectivity index (χ1v) is 6.28. The van der Waals surface area contributed by atoms with Crippen molar-refractivity contribution >= 4 is 0 Å². The van der Waals surface area contributed by atoms with Gasteiger partial charge in [0.05, 0.1) is 12.2 Å². The number of aliphatic hydroxyl groups is 1. The van der Waals surface area contributed by atoms with Crippen LogP contribution in [0.5, 0.6) is 0 Å². The first kappa shape index (κ1) is 12.9. The van der Waals surface area contributed by atoms with Crippen LogP contribution in [0.15, 0.2) is 0 Å². The minimum atomic E-state index is -0.171. The molecule has 0 spiro atoms. The first-order valence-electron chi connectivity index (χ1n) is 6.28. The zero-order chi connectivity index (χ0) is 11.1. The van der Waals surface area contributed by atoms with Gasteiger partial charge < -0.3 is 9.84 Å². The van der Waals surface area contributed by atoms with E-state index in [0.717, 1.165) is 39.1 Å². The lowest BCUT2D eigenvalue weighted by atomic mass is 10.1. The van der Waals surface area contributed by atoms with Crippen molar-refractivity contribution < 1.29 is 9.84 Å². The molecule has 0 bridgehead atoms. The minimum Gasteiger partial charge on any atom is -0.392 e. The number of aliphatic hydroxyl groups excluding tert-OH is 1. The highest BCUT2D eigenvalue weighted by Crippen LogP contribution is 2.14. The molecule has 0 aromatic carbocycles. The Labute approximate surface area is 93.4 Å². The third kappa shape index (κ3) is 4.96. The molecule has 0 amide bonds. The van der Waals surface area contributed by atoms with Crippen molar-refractivity contribution in [2.24, 2.45) is 0 Å². The number of piperidine rings is 1. The Hall–Kier alpha value is -0.120. The normalized spacial score (nSPS) is 25.4. The van der Waals surface area contributed by atoms with E-state index in [0.29, 0.717) is 6.10 Å². The maximum atomic E-state index is 9.59. The molecule has 1 N–H and O–H groups in total. The summed E-state index contributed by atoms with van der Waals surface area (Å²) in [7, 11) is 0. The molecule has 0 radical (unpaired) electrons. The highest BCUT2D eigenvalue weighted by atomic mass is 16.5. The minimum absolute atomic E-state index is 0.171. The molecular formula is C12H25NO2. The van der Waals surface area contributed by atoms with Crippen molar-refractivity contribution in [3.8, 4) is 0 Å². The molecule has 1 fully saturated rings. The van der Waals surface area contributed by atoms with Crippen LogP contribution in [0, 0.1) is 0 Å². The van der Waals surface area contributed by atoms with E-state index in [2.05, 4.69) is 11.8 Å². The van der Waals surface area contributed by atoms with Crippen LogP contribution >= 0.6 is 0 Å². The summed E-state index contributed by atoms with van der Waals surface area (Å²) < 4.78 is 5.75. The maximum absolute atomic E-state index is 9.59. The van der Waals surface area contributed by atoms with Gasteiger partial charge in [-0.05, 0) is 32.2 Å². The summed E-state index contributed by atoms with van der Waals surface area (Å²) in [5, 5.41) is 9.59. The average Bonchev–Trinajstić information content (AvgIpc) is 2.26. The third-order valence-corrected chi connectivity index (χ3v) is 2.96. The lowest BCUT2D eigenvalue weighted by Gasteiger charge is -2.33. The third-order valence-electron chi connectivity index (χ3n) is 2.96. The van der Waals surface area contributed by atoms with E-state index < -0.39 is 0 Å². The van der Waals surface area contributed by atoms with Crippen LogP contribution < -0.4 is 0 Å². The van der Waals surface area contributed by atoms with Gasteiger partial charge in [0, 0.05) is 19.7 Å². The van der Waals surface area contributed by atoms with Gasteiger partial charge in [0.15, 0.2) is 0 Å². The fourth-order valence-corrected chi connectivity index (χ4v) is 2.03. The molecule has 0 aliphatic carbocycles. The van der Waals surface area contributed by atoms with Gasteiger partial charge in [0.2, 0.25) is 0 Å². The summed E-state index contributed by atoms with van der Waals surface area (Å²) in [5.41, 5.74) is 0.